The average Bonchev–Trinajstić information content (AvgIpc) is 2.69. The minimum atomic E-state index is 0.157. The van der Waals surface area contributed by atoms with E-state index in [1.165, 1.54) is 0 Å². The van der Waals surface area contributed by atoms with Crippen LogP contribution in [0.4, 0.5) is 5.82 Å². The zero-order valence-electron chi connectivity index (χ0n) is 15.6. The lowest BCUT2D eigenvalue weighted by atomic mass is 10.0. The summed E-state index contributed by atoms with van der Waals surface area (Å²) < 4.78 is 0. The van der Waals surface area contributed by atoms with Crippen LogP contribution in [0.25, 0.3) is 0 Å². The van der Waals surface area contributed by atoms with E-state index < -0.39 is 0 Å². The maximum Gasteiger partial charge on any atom is 0.236 e. The standard InChI is InChI=1S/C20H27N5O/c1-23(14-17-7-5-10-21-13-17)16-20(26)24(2)18-8-6-12-25(15-18)19-9-3-4-11-22-19/h3-5,7,9-11,13,18H,6,8,12,14-16H2,1-2H3. The fraction of sp³-hybridized carbons (Fsp3) is 0.450. The van der Waals surface area contributed by atoms with E-state index in [1.807, 2.05) is 66.6 Å². The van der Waals surface area contributed by atoms with E-state index >= 15 is 0 Å². The molecule has 1 saturated heterocycles. The van der Waals surface area contributed by atoms with Gasteiger partial charge in [0, 0.05) is 51.3 Å². The Hall–Kier alpha value is -2.47. The lowest BCUT2D eigenvalue weighted by molar-refractivity contribution is -0.133. The molecule has 1 unspecified atom stereocenters. The molecule has 0 saturated carbocycles. The molecule has 0 bridgehead atoms. The van der Waals surface area contributed by atoms with Gasteiger partial charge in [0.15, 0.2) is 0 Å². The molecule has 0 aromatic carbocycles. The largest absolute Gasteiger partial charge is 0.355 e. The molecule has 2 aromatic heterocycles. The van der Waals surface area contributed by atoms with Crippen molar-refractivity contribution in [3.05, 3.63) is 54.5 Å². The van der Waals surface area contributed by atoms with Crippen LogP contribution in [0.15, 0.2) is 48.9 Å². The number of hydrogen-bond acceptors (Lipinski definition) is 5. The first-order chi connectivity index (χ1) is 12.6. The van der Waals surface area contributed by atoms with E-state index in [1.54, 1.807) is 6.20 Å². The maximum absolute atomic E-state index is 12.7. The van der Waals surface area contributed by atoms with Gasteiger partial charge in [0.1, 0.15) is 5.82 Å². The molecule has 1 aliphatic heterocycles. The topological polar surface area (TPSA) is 52.6 Å². The number of piperidine rings is 1. The van der Waals surface area contributed by atoms with Gasteiger partial charge in [0.2, 0.25) is 5.91 Å². The van der Waals surface area contributed by atoms with Crippen molar-refractivity contribution in [2.75, 3.05) is 38.6 Å². The smallest absolute Gasteiger partial charge is 0.236 e. The van der Waals surface area contributed by atoms with Crippen LogP contribution in [0, 0.1) is 0 Å². The molecule has 1 atom stereocenters. The number of carbonyl (C=O) groups is 1. The van der Waals surface area contributed by atoms with Gasteiger partial charge in [-0.1, -0.05) is 12.1 Å². The van der Waals surface area contributed by atoms with Crippen LogP contribution in [0.5, 0.6) is 0 Å². The number of likely N-dealkylation sites (N-methyl/N-ethyl adjacent to an activating group) is 2. The van der Waals surface area contributed by atoms with Gasteiger partial charge in [-0.25, -0.2) is 4.98 Å². The second-order valence-corrected chi connectivity index (χ2v) is 6.97. The summed E-state index contributed by atoms with van der Waals surface area (Å²) in [5.41, 5.74) is 1.12. The third-order valence-corrected chi connectivity index (χ3v) is 4.89. The van der Waals surface area contributed by atoms with Crippen LogP contribution < -0.4 is 4.90 Å². The summed E-state index contributed by atoms with van der Waals surface area (Å²) in [6.07, 6.45) is 7.54. The molecule has 6 nitrogen and oxygen atoms in total. The minimum absolute atomic E-state index is 0.157. The SMILES string of the molecule is CN(CC(=O)N(C)C1CCCN(c2ccccn2)C1)Cc1cccnc1. The van der Waals surface area contributed by atoms with Crippen LogP contribution in [0.2, 0.25) is 0 Å². The number of anilines is 1. The first-order valence-electron chi connectivity index (χ1n) is 9.12. The predicted octanol–water partition coefficient (Wildman–Crippen LogP) is 2.04. The Morgan fingerprint density at radius 1 is 1.23 bits per heavy atom. The highest BCUT2D eigenvalue weighted by Gasteiger charge is 2.27. The number of rotatable bonds is 6. The van der Waals surface area contributed by atoms with Gasteiger partial charge >= 0.3 is 0 Å². The molecular formula is C20H27N5O. The summed E-state index contributed by atoms with van der Waals surface area (Å²) in [4.78, 5) is 27.5. The van der Waals surface area contributed by atoms with Crippen molar-refractivity contribution in [2.45, 2.75) is 25.4 Å². The Morgan fingerprint density at radius 2 is 2.12 bits per heavy atom. The third-order valence-electron chi connectivity index (χ3n) is 4.89. The molecule has 2 aromatic rings. The molecule has 1 aliphatic rings. The normalized spacial score (nSPS) is 17.3. The highest BCUT2D eigenvalue weighted by Crippen LogP contribution is 2.20. The molecule has 0 spiro atoms. The van der Waals surface area contributed by atoms with Gasteiger partial charge in [0.25, 0.3) is 0 Å². The van der Waals surface area contributed by atoms with Crippen LogP contribution in [-0.2, 0) is 11.3 Å². The van der Waals surface area contributed by atoms with E-state index in [4.69, 9.17) is 0 Å². The first kappa shape index (κ1) is 18.3. The van der Waals surface area contributed by atoms with E-state index in [-0.39, 0.29) is 11.9 Å². The van der Waals surface area contributed by atoms with Gasteiger partial charge in [-0.3, -0.25) is 14.7 Å². The first-order valence-corrected chi connectivity index (χ1v) is 9.12. The summed E-state index contributed by atoms with van der Waals surface area (Å²) in [6.45, 7) is 2.96. The van der Waals surface area contributed by atoms with Crippen LogP contribution in [-0.4, -0.2) is 65.4 Å². The van der Waals surface area contributed by atoms with Gasteiger partial charge in [-0.2, -0.15) is 0 Å². The van der Waals surface area contributed by atoms with E-state index in [2.05, 4.69) is 14.9 Å². The van der Waals surface area contributed by atoms with Crippen molar-refractivity contribution in [2.24, 2.45) is 0 Å². The quantitative estimate of drug-likeness (QED) is 0.795. The molecule has 6 heteroatoms. The lowest BCUT2D eigenvalue weighted by Gasteiger charge is -2.38. The van der Waals surface area contributed by atoms with Crippen molar-refractivity contribution in [1.29, 1.82) is 0 Å². The van der Waals surface area contributed by atoms with Crippen LogP contribution >= 0.6 is 0 Å². The molecular weight excluding hydrogens is 326 g/mol. The maximum atomic E-state index is 12.7. The zero-order chi connectivity index (χ0) is 18.4. The number of pyridine rings is 2. The molecule has 1 amide bonds. The van der Waals surface area contributed by atoms with Crippen molar-refractivity contribution in [3.8, 4) is 0 Å². The van der Waals surface area contributed by atoms with Crippen molar-refractivity contribution in [1.82, 2.24) is 19.8 Å². The highest BCUT2D eigenvalue weighted by molar-refractivity contribution is 5.78. The number of hydrogen-bond donors (Lipinski definition) is 0. The van der Waals surface area contributed by atoms with Crippen LogP contribution in [0.1, 0.15) is 18.4 Å². The third kappa shape index (κ3) is 4.79. The van der Waals surface area contributed by atoms with E-state index in [0.717, 1.165) is 43.9 Å². The predicted molar refractivity (Wildman–Crippen MR) is 103 cm³/mol. The van der Waals surface area contributed by atoms with Crippen molar-refractivity contribution >= 4 is 11.7 Å². The molecule has 0 N–H and O–H groups in total. The van der Waals surface area contributed by atoms with Gasteiger partial charge in [-0.15, -0.1) is 0 Å². The summed E-state index contributed by atoms with van der Waals surface area (Å²) in [5, 5.41) is 0. The monoisotopic (exact) mass is 353 g/mol. The summed E-state index contributed by atoms with van der Waals surface area (Å²) in [6, 6.07) is 10.2. The van der Waals surface area contributed by atoms with Crippen molar-refractivity contribution in [3.63, 3.8) is 0 Å². The summed E-state index contributed by atoms with van der Waals surface area (Å²) >= 11 is 0. The van der Waals surface area contributed by atoms with Gasteiger partial charge < -0.3 is 9.80 Å². The Labute approximate surface area is 155 Å². The number of carbonyl (C=O) groups excluding carboxylic acids is 1. The highest BCUT2D eigenvalue weighted by atomic mass is 16.2. The molecule has 0 radical (unpaired) electrons. The summed E-state index contributed by atoms with van der Waals surface area (Å²) in [5.74, 6) is 1.15. The van der Waals surface area contributed by atoms with E-state index in [9.17, 15) is 4.79 Å². The Balaban J connectivity index is 1.54. The minimum Gasteiger partial charge on any atom is -0.355 e. The summed E-state index contributed by atoms with van der Waals surface area (Å²) in [7, 11) is 3.90. The lowest BCUT2D eigenvalue weighted by Crippen LogP contribution is -2.50. The molecule has 138 valence electrons. The fourth-order valence-corrected chi connectivity index (χ4v) is 3.43. The second-order valence-electron chi connectivity index (χ2n) is 6.97. The zero-order valence-corrected chi connectivity index (χ0v) is 15.6. The molecule has 26 heavy (non-hydrogen) atoms. The van der Waals surface area contributed by atoms with Crippen molar-refractivity contribution < 1.29 is 4.79 Å². The molecule has 3 heterocycles. The van der Waals surface area contributed by atoms with Crippen LogP contribution in [0.3, 0.4) is 0 Å². The van der Waals surface area contributed by atoms with E-state index in [0.29, 0.717) is 6.54 Å². The molecule has 1 fully saturated rings. The molecule has 3 rings (SSSR count). The average molecular weight is 353 g/mol. The Morgan fingerprint density at radius 3 is 2.85 bits per heavy atom. The van der Waals surface area contributed by atoms with Gasteiger partial charge in [0.05, 0.1) is 6.54 Å². The Kier molecular flexibility index (Phi) is 6.17. The number of aromatic nitrogens is 2. The number of amides is 1. The number of nitrogens with zero attached hydrogens (tertiary/aromatic N) is 5. The second kappa shape index (κ2) is 8.76. The fourth-order valence-electron chi connectivity index (χ4n) is 3.43. The van der Waals surface area contributed by atoms with Gasteiger partial charge in [-0.05, 0) is 43.7 Å². The molecule has 0 aliphatic carbocycles. The Bertz CT molecular complexity index is 694.